The van der Waals surface area contributed by atoms with E-state index in [1.54, 1.807) is 7.05 Å². The standard InChI is InChI=1S/C20H31N5O2.HI/c1-21-20(22-15-16-6-8-17(9-7-16)23(2)3)25-12-10-24(11-13-25)19(26)18-5-4-14-27-18;/h6-9,18H,4-5,10-15H2,1-3H3,(H,21,22);1H. The van der Waals surface area contributed by atoms with Crippen molar-refractivity contribution in [3.8, 4) is 0 Å². The van der Waals surface area contributed by atoms with Crippen LogP contribution < -0.4 is 10.2 Å². The van der Waals surface area contributed by atoms with Gasteiger partial charge in [0.1, 0.15) is 6.10 Å². The maximum absolute atomic E-state index is 12.5. The third-order valence-corrected chi connectivity index (χ3v) is 5.21. The van der Waals surface area contributed by atoms with Crippen molar-refractivity contribution in [3.63, 3.8) is 0 Å². The molecule has 28 heavy (non-hydrogen) atoms. The van der Waals surface area contributed by atoms with Crippen LogP contribution in [0.1, 0.15) is 18.4 Å². The van der Waals surface area contributed by atoms with Gasteiger partial charge in [0.25, 0.3) is 5.91 Å². The molecule has 0 spiro atoms. The molecule has 0 aromatic heterocycles. The van der Waals surface area contributed by atoms with Crippen molar-refractivity contribution in [2.45, 2.75) is 25.5 Å². The molecule has 0 bridgehead atoms. The van der Waals surface area contributed by atoms with Gasteiger partial charge in [-0.05, 0) is 30.5 Å². The number of piperazine rings is 1. The van der Waals surface area contributed by atoms with E-state index in [9.17, 15) is 4.79 Å². The monoisotopic (exact) mass is 501 g/mol. The largest absolute Gasteiger partial charge is 0.378 e. The van der Waals surface area contributed by atoms with Gasteiger partial charge in [-0.2, -0.15) is 0 Å². The highest BCUT2D eigenvalue weighted by atomic mass is 127. The van der Waals surface area contributed by atoms with Crippen molar-refractivity contribution in [1.82, 2.24) is 15.1 Å². The number of guanidine groups is 1. The first-order chi connectivity index (χ1) is 13.1. The van der Waals surface area contributed by atoms with Crippen molar-refractivity contribution in [2.24, 2.45) is 4.99 Å². The number of amides is 1. The zero-order chi connectivity index (χ0) is 19.2. The van der Waals surface area contributed by atoms with Crippen molar-refractivity contribution in [2.75, 3.05) is 58.8 Å². The minimum absolute atomic E-state index is 0. The zero-order valence-electron chi connectivity index (χ0n) is 17.1. The van der Waals surface area contributed by atoms with Crippen LogP contribution in [-0.2, 0) is 16.1 Å². The molecule has 2 fully saturated rings. The normalized spacial score (nSPS) is 20.0. The Morgan fingerprint density at radius 1 is 1.18 bits per heavy atom. The van der Waals surface area contributed by atoms with Gasteiger partial charge in [0, 0.05) is 66.2 Å². The Kier molecular flexibility index (Phi) is 8.81. The summed E-state index contributed by atoms with van der Waals surface area (Å²) < 4.78 is 5.53. The van der Waals surface area contributed by atoms with Crippen LogP contribution in [0.4, 0.5) is 5.69 Å². The third kappa shape index (κ3) is 5.73. The van der Waals surface area contributed by atoms with E-state index in [4.69, 9.17) is 4.74 Å². The molecule has 1 atom stereocenters. The van der Waals surface area contributed by atoms with Crippen molar-refractivity contribution >= 4 is 41.5 Å². The average molecular weight is 501 g/mol. The van der Waals surface area contributed by atoms with Crippen molar-refractivity contribution in [3.05, 3.63) is 29.8 Å². The van der Waals surface area contributed by atoms with Crippen LogP contribution in [0.3, 0.4) is 0 Å². The lowest BCUT2D eigenvalue weighted by Crippen LogP contribution is -2.55. The van der Waals surface area contributed by atoms with Crippen molar-refractivity contribution in [1.29, 1.82) is 0 Å². The summed E-state index contributed by atoms with van der Waals surface area (Å²) in [6.07, 6.45) is 1.62. The molecular weight excluding hydrogens is 469 g/mol. The van der Waals surface area contributed by atoms with E-state index < -0.39 is 0 Å². The Morgan fingerprint density at radius 3 is 2.36 bits per heavy atom. The number of nitrogens with zero attached hydrogens (tertiary/aromatic N) is 4. The fraction of sp³-hybridized carbons (Fsp3) is 0.600. The smallest absolute Gasteiger partial charge is 0.251 e. The minimum Gasteiger partial charge on any atom is -0.378 e. The Morgan fingerprint density at radius 2 is 1.82 bits per heavy atom. The first-order valence-electron chi connectivity index (χ1n) is 9.70. The lowest BCUT2D eigenvalue weighted by Gasteiger charge is -2.37. The molecule has 2 saturated heterocycles. The lowest BCUT2D eigenvalue weighted by atomic mass is 10.2. The SMILES string of the molecule is CN=C(NCc1ccc(N(C)C)cc1)N1CCN(C(=O)C2CCCO2)CC1.I. The molecular formula is C20H32IN5O2. The molecule has 2 aliphatic rings. The highest BCUT2D eigenvalue weighted by Gasteiger charge is 2.30. The number of anilines is 1. The van der Waals surface area contributed by atoms with Gasteiger partial charge in [0.15, 0.2) is 5.96 Å². The van der Waals surface area contributed by atoms with Gasteiger partial charge >= 0.3 is 0 Å². The van der Waals surface area contributed by atoms with Crippen LogP contribution in [0.15, 0.2) is 29.3 Å². The van der Waals surface area contributed by atoms with E-state index >= 15 is 0 Å². The van der Waals surface area contributed by atoms with Crippen LogP contribution in [-0.4, -0.2) is 81.7 Å². The molecule has 3 rings (SSSR count). The Bertz CT molecular complexity index is 651. The molecule has 0 saturated carbocycles. The van der Waals surface area contributed by atoms with Crippen LogP contribution in [0.5, 0.6) is 0 Å². The number of carbonyl (C=O) groups excluding carboxylic acids is 1. The second-order valence-electron chi connectivity index (χ2n) is 7.28. The summed E-state index contributed by atoms with van der Waals surface area (Å²) in [5, 5.41) is 3.44. The van der Waals surface area contributed by atoms with E-state index in [0.717, 1.165) is 51.5 Å². The number of rotatable bonds is 4. The van der Waals surface area contributed by atoms with Gasteiger partial charge in [-0.15, -0.1) is 24.0 Å². The topological polar surface area (TPSA) is 60.4 Å². The highest BCUT2D eigenvalue weighted by Crippen LogP contribution is 2.16. The third-order valence-electron chi connectivity index (χ3n) is 5.21. The van der Waals surface area contributed by atoms with Gasteiger partial charge in [-0.25, -0.2) is 0 Å². The van der Waals surface area contributed by atoms with Crippen LogP contribution in [0.2, 0.25) is 0 Å². The van der Waals surface area contributed by atoms with E-state index in [0.29, 0.717) is 6.61 Å². The summed E-state index contributed by atoms with van der Waals surface area (Å²) >= 11 is 0. The average Bonchev–Trinajstić information content (AvgIpc) is 3.23. The molecule has 0 aliphatic carbocycles. The zero-order valence-corrected chi connectivity index (χ0v) is 19.4. The molecule has 8 heteroatoms. The van der Waals surface area contributed by atoms with E-state index in [1.807, 2.05) is 19.0 Å². The van der Waals surface area contributed by atoms with Gasteiger partial charge in [-0.1, -0.05) is 12.1 Å². The van der Waals surface area contributed by atoms with Crippen LogP contribution in [0, 0.1) is 0 Å². The number of benzene rings is 1. The second-order valence-corrected chi connectivity index (χ2v) is 7.28. The maximum Gasteiger partial charge on any atom is 0.251 e. The Labute approximate surface area is 185 Å². The van der Waals surface area contributed by atoms with Crippen molar-refractivity contribution < 1.29 is 9.53 Å². The fourth-order valence-electron chi connectivity index (χ4n) is 3.54. The summed E-state index contributed by atoms with van der Waals surface area (Å²) in [6.45, 7) is 4.46. The summed E-state index contributed by atoms with van der Waals surface area (Å²) in [7, 11) is 5.89. The Balaban J connectivity index is 0.00000280. The summed E-state index contributed by atoms with van der Waals surface area (Å²) in [5.41, 5.74) is 2.41. The first-order valence-corrected chi connectivity index (χ1v) is 9.70. The molecule has 7 nitrogen and oxygen atoms in total. The molecule has 2 aliphatic heterocycles. The quantitative estimate of drug-likeness (QED) is 0.387. The first kappa shape index (κ1) is 22.7. The number of hydrogen-bond acceptors (Lipinski definition) is 4. The number of carbonyl (C=O) groups is 1. The van der Waals surface area contributed by atoms with E-state index in [1.165, 1.54) is 11.3 Å². The molecule has 2 heterocycles. The van der Waals surface area contributed by atoms with E-state index in [2.05, 4.69) is 44.4 Å². The molecule has 1 aromatic rings. The van der Waals surface area contributed by atoms with Gasteiger partial charge < -0.3 is 24.8 Å². The van der Waals surface area contributed by atoms with Gasteiger partial charge in [0.2, 0.25) is 0 Å². The Hall–Kier alpha value is -1.55. The number of ether oxygens (including phenoxy) is 1. The summed E-state index contributed by atoms with van der Waals surface area (Å²) in [5.74, 6) is 1.03. The molecule has 156 valence electrons. The molecule has 0 radical (unpaired) electrons. The van der Waals surface area contributed by atoms with E-state index in [-0.39, 0.29) is 36.0 Å². The number of nitrogens with one attached hydrogen (secondary N) is 1. The molecule has 1 amide bonds. The van der Waals surface area contributed by atoms with Gasteiger partial charge in [0.05, 0.1) is 0 Å². The number of hydrogen-bond donors (Lipinski definition) is 1. The predicted octanol–water partition coefficient (Wildman–Crippen LogP) is 1.77. The molecule has 1 aromatic carbocycles. The lowest BCUT2D eigenvalue weighted by molar-refractivity contribution is -0.142. The minimum atomic E-state index is -0.223. The number of halogens is 1. The van der Waals surface area contributed by atoms with Crippen LogP contribution >= 0.6 is 24.0 Å². The highest BCUT2D eigenvalue weighted by molar-refractivity contribution is 14.0. The summed E-state index contributed by atoms with van der Waals surface area (Å²) in [4.78, 5) is 23.1. The predicted molar refractivity (Wildman–Crippen MR) is 124 cm³/mol. The molecule has 1 N–H and O–H groups in total. The second kappa shape index (κ2) is 10.8. The fourth-order valence-corrected chi connectivity index (χ4v) is 3.54. The van der Waals surface area contributed by atoms with Crippen LogP contribution in [0.25, 0.3) is 0 Å². The summed E-state index contributed by atoms with van der Waals surface area (Å²) in [6, 6.07) is 8.51. The molecule has 1 unspecified atom stereocenters. The number of aliphatic imine (C=N–C) groups is 1. The van der Waals surface area contributed by atoms with Gasteiger partial charge in [-0.3, -0.25) is 9.79 Å². The maximum atomic E-state index is 12.5.